The molecule has 2 rings (SSSR count). The summed E-state index contributed by atoms with van der Waals surface area (Å²) in [6, 6.07) is 0.901. The van der Waals surface area contributed by atoms with Gasteiger partial charge in [-0.3, -0.25) is 4.90 Å². The maximum atomic E-state index is 4.43. The van der Waals surface area contributed by atoms with Gasteiger partial charge in [0.2, 0.25) is 0 Å². The van der Waals surface area contributed by atoms with Crippen LogP contribution in [0, 0.1) is 11.8 Å². The van der Waals surface area contributed by atoms with Gasteiger partial charge < -0.3 is 0 Å². The van der Waals surface area contributed by atoms with Crippen molar-refractivity contribution in [3.8, 4) is 0 Å². The summed E-state index contributed by atoms with van der Waals surface area (Å²) in [6.07, 6.45) is 12.4. The van der Waals surface area contributed by atoms with Gasteiger partial charge in [0.25, 0.3) is 0 Å². The number of fused-ring (bicyclic) bond motifs is 1. The third kappa shape index (κ3) is 3.84. The van der Waals surface area contributed by atoms with Crippen molar-refractivity contribution in [3.63, 3.8) is 0 Å². The van der Waals surface area contributed by atoms with Gasteiger partial charge in [0, 0.05) is 12.6 Å². The highest BCUT2D eigenvalue weighted by Gasteiger charge is 2.36. The van der Waals surface area contributed by atoms with E-state index in [2.05, 4.69) is 25.3 Å². The van der Waals surface area contributed by atoms with Crippen LogP contribution in [0.15, 0.2) is 12.2 Å². The summed E-state index contributed by atoms with van der Waals surface area (Å²) >= 11 is 0. The van der Waals surface area contributed by atoms with Crippen molar-refractivity contribution in [1.29, 1.82) is 0 Å². The minimum Gasteiger partial charge on any atom is -0.300 e. The highest BCUT2D eigenvalue weighted by atomic mass is 15.2. The van der Waals surface area contributed by atoms with Crippen LogP contribution >= 0.6 is 0 Å². The molecule has 3 atom stereocenters. The lowest BCUT2D eigenvalue weighted by Gasteiger charge is -2.48. The molecule has 0 aromatic heterocycles. The van der Waals surface area contributed by atoms with Crippen LogP contribution in [0.3, 0.4) is 0 Å². The molecule has 0 aliphatic carbocycles. The molecule has 19 heavy (non-hydrogen) atoms. The second-order valence-electron chi connectivity index (χ2n) is 6.77. The van der Waals surface area contributed by atoms with E-state index in [0.717, 1.165) is 17.9 Å². The fourth-order valence-electron chi connectivity index (χ4n) is 4.20. The van der Waals surface area contributed by atoms with Gasteiger partial charge in [0.05, 0.1) is 0 Å². The molecule has 0 aromatic carbocycles. The number of nitrogens with zero attached hydrogens (tertiary/aromatic N) is 1. The normalized spacial score (nSPS) is 32.0. The van der Waals surface area contributed by atoms with Crippen molar-refractivity contribution in [2.24, 2.45) is 11.8 Å². The molecule has 2 saturated heterocycles. The highest BCUT2D eigenvalue weighted by molar-refractivity contribution is 5.06. The third-order valence-electron chi connectivity index (χ3n) is 5.45. The average Bonchev–Trinajstić information content (AvgIpc) is 2.46. The van der Waals surface area contributed by atoms with Gasteiger partial charge in [-0.05, 0) is 50.5 Å². The summed E-state index contributed by atoms with van der Waals surface area (Å²) < 4.78 is 0. The molecule has 1 heteroatoms. The maximum absolute atomic E-state index is 4.43. The summed E-state index contributed by atoms with van der Waals surface area (Å²) in [5.41, 5.74) is 1.55. The van der Waals surface area contributed by atoms with E-state index in [4.69, 9.17) is 0 Å². The Hall–Kier alpha value is -0.300. The van der Waals surface area contributed by atoms with Crippen LogP contribution in [-0.2, 0) is 0 Å². The zero-order valence-corrected chi connectivity index (χ0v) is 13.2. The first kappa shape index (κ1) is 15.1. The van der Waals surface area contributed by atoms with Crippen LogP contribution in [-0.4, -0.2) is 24.0 Å². The number of rotatable bonds is 6. The summed E-state index contributed by atoms with van der Waals surface area (Å²) in [7, 11) is 0. The molecular weight excluding hydrogens is 230 g/mol. The Bertz CT molecular complexity index is 275. The molecule has 0 bridgehead atoms. The Morgan fingerprint density at radius 3 is 2.79 bits per heavy atom. The average molecular weight is 263 g/mol. The van der Waals surface area contributed by atoms with E-state index in [9.17, 15) is 0 Å². The molecule has 2 aliphatic rings. The molecule has 0 unspecified atom stereocenters. The zero-order chi connectivity index (χ0) is 13.7. The minimum atomic E-state index is 0.788. The predicted molar refractivity (Wildman–Crippen MR) is 84.4 cm³/mol. The van der Waals surface area contributed by atoms with E-state index in [1.807, 2.05) is 0 Å². The summed E-state index contributed by atoms with van der Waals surface area (Å²) in [5.74, 6) is 1.72. The Balaban J connectivity index is 1.90. The van der Waals surface area contributed by atoms with Gasteiger partial charge in [-0.15, -0.1) is 0 Å². The lowest BCUT2D eigenvalue weighted by molar-refractivity contribution is 0.0349. The molecule has 0 amide bonds. The largest absolute Gasteiger partial charge is 0.300 e. The van der Waals surface area contributed by atoms with Crippen LogP contribution < -0.4 is 0 Å². The van der Waals surface area contributed by atoms with Gasteiger partial charge in [0.15, 0.2) is 0 Å². The Morgan fingerprint density at radius 2 is 2.05 bits per heavy atom. The molecule has 110 valence electrons. The first-order valence-electron chi connectivity index (χ1n) is 8.68. The predicted octanol–water partition coefficient (Wildman–Crippen LogP) is 5.02. The van der Waals surface area contributed by atoms with Crippen molar-refractivity contribution < 1.29 is 0 Å². The molecule has 0 saturated carbocycles. The van der Waals surface area contributed by atoms with Crippen LogP contribution in [0.2, 0.25) is 0 Å². The SMILES string of the molecule is C=C(CCCCC)[C@H]1C[C@H](CC)[C@H]2CCCCN2C1. The third-order valence-corrected chi connectivity index (χ3v) is 5.45. The van der Waals surface area contributed by atoms with Gasteiger partial charge >= 0.3 is 0 Å². The first-order chi connectivity index (χ1) is 9.26. The summed E-state index contributed by atoms with van der Waals surface area (Å²) in [5, 5.41) is 0. The van der Waals surface area contributed by atoms with Gasteiger partial charge in [0.1, 0.15) is 0 Å². The number of hydrogen-bond acceptors (Lipinski definition) is 1. The van der Waals surface area contributed by atoms with Crippen molar-refractivity contribution >= 4 is 0 Å². The van der Waals surface area contributed by atoms with Crippen LogP contribution in [0.5, 0.6) is 0 Å². The molecule has 0 N–H and O–H groups in total. The van der Waals surface area contributed by atoms with Crippen molar-refractivity contribution in [2.75, 3.05) is 13.1 Å². The first-order valence-corrected chi connectivity index (χ1v) is 8.68. The van der Waals surface area contributed by atoms with E-state index in [-0.39, 0.29) is 0 Å². The lowest BCUT2D eigenvalue weighted by atomic mass is 9.75. The molecule has 2 fully saturated rings. The fraction of sp³-hybridized carbons (Fsp3) is 0.889. The van der Waals surface area contributed by atoms with Crippen LogP contribution in [0.4, 0.5) is 0 Å². The second kappa shape index (κ2) is 7.47. The molecular formula is C18H33N. The number of hydrogen-bond donors (Lipinski definition) is 0. The highest BCUT2D eigenvalue weighted by Crippen LogP contribution is 2.38. The lowest BCUT2D eigenvalue weighted by Crippen LogP contribution is -2.51. The van der Waals surface area contributed by atoms with Gasteiger partial charge in [-0.1, -0.05) is 51.7 Å². The van der Waals surface area contributed by atoms with Crippen LogP contribution in [0.25, 0.3) is 0 Å². The quantitative estimate of drug-likeness (QED) is 0.480. The molecule has 2 aliphatic heterocycles. The van der Waals surface area contributed by atoms with Crippen molar-refractivity contribution in [1.82, 2.24) is 4.90 Å². The number of piperidine rings is 2. The van der Waals surface area contributed by atoms with Crippen molar-refractivity contribution in [2.45, 2.75) is 77.7 Å². The fourth-order valence-corrected chi connectivity index (χ4v) is 4.20. The van der Waals surface area contributed by atoms with E-state index in [1.54, 1.807) is 5.57 Å². The molecule has 2 heterocycles. The van der Waals surface area contributed by atoms with Gasteiger partial charge in [-0.2, -0.15) is 0 Å². The Morgan fingerprint density at radius 1 is 1.21 bits per heavy atom. The topological polar surface area (TPSA) is 3.24 Å². The monoisotopic (exact) mass is 263 g/mol. The van der Waals surface area contributed by atoms with E-state index in [1.165, 1.54) is 70.9 Å². The van der Waals surface area contributed by atoms with E-state index in [0.29, 0.717) is 0 Å². The minimum absolute atomic E-state index is 0.788. The molecule has 1 nitrogen and oxygen atoms in total. The second-order valence-corrected chi connectivity index (χ2v) is 6.77. The molecule has 0 aromatic rings. The Labute approximate surface area is 120 Å². The molecule has 0 radical (unpaired) electrons. The smallest absolute Gasteiger partial charge is 0.0124 e. The zero-order valence-electron chi connectivity index (χ0n) is 13.2. The maximum Gasteiger partial charge on any atom is 0.0124 e. The Kier molecular flexibility index (Phi) is 5.94. The van der Waals surface area contributed by atoms with Crippen LogP contribution in [0.1, 0.15) is 71.6 Å². The van der Waals surface area contributed by atoms with E-state index >= 15 is 0 Å². The van der Waals surface area contributed by atoms with E-state index < -0.39 is 0 Å². The summed E-state index contributed by atoms with van der Waals surface area (Å²) in [4.78, 5) is 2.80. The number of unbranched alkanes of at least 4 members (excludes halogenated alkanes) is 2. The standard InChI is InChI=1S/C18H33N/c1-4-6-7-10-15(3)17-13-16(5-2)18-11-8-9-12-19(18)14-17/h16-18H,3-14H2,1-2H3/t16-,17-,18+/m0/s1. The van der Waals surface area contributed by atoms with Crippen molar-refractivity contribution in [3.05, 3.63) is 12.2 Å². The van der Waals surface area contributed by atoms with Gasteiger partial charge in [-0.25, -0.2) is 0 Å². The summed E-state index contributed by atoms with van der Waals surface area (Å²) in [6.45, 7) is 11.8. The molecule has 0 spiro atoms.